The molecule has 3 rings (SSSR count). The summed E-state index contributed by atoms with van der Waals surface area (Å²) in [5.74, 6) is 0.0283. The summed E-state index contributed by atoms with van der Waals surface area (Å²) in [5, 5.41) is 0. The average Bonchev–Trinajstić information content (AvgIpc) is 2.91. The van der Waals surface area contributed by atoms with Gasteiger partial charge < -0.3 is 10.7 Å². The lowest BCUT2D eigenvalue weighted by atomic mass is 10.2. The number of fused-ring (bicyclic) bond motifs is 1. The Kier molecular flexibility index (Phi) is 4.90. The highest BCUT2D eigenvalue weighted by Gasteiger charge is 2.14. The molecule has 0 aliphatic rings. The van der Waals surface area contributed by atoms with Gasteiger partial charge in [-0.05, 0) is 18.6 Å². The minimum Gasteiger partial charge on any atom is -0.321 e. The van der Waals surface area contributed by atoms with Crippen molar-refractivity contribution >= 4 is 34.0 Å². The Balaban J connectivity index is 0.00000176. The molecule has 0 radical (unpaired) electrons. The van der Waals surface area contributed by atoms with E-state index in [-0.39, 0.29) is 24.0 Å². The van der Waals surface area contributed by atoms with Crippen molar-refractivity contribution in [1.29, 1.82) is 0 Å². The molecule has 0 saturated heterocycles. The molecule has 22 heavy (non-hydrogen) atoms. The molecule has 3 heterocycles. The third-order valence-electron chi connectivity index (χ3n) is 3.23. The quantitative estimate of drug-likeness (QED) is 0.767. The maximum atomic E-state index is 13.8. The van der Waals surface area contributed by atoms with Crippen LogP contribution in [0, 0.1) is 5.82 Å². The van der Waals surface area contributed by atoms with Gasteiger partial charge in [0.2, 0.25) is 0 Å². The van der Waals surface area contributed by atoms with E-state index in [0.717, 1.165) is 6.20 Å². The molecule has 0 aliphatic carbocycles. The fourth-order valence-corrected chi connectivity index (χ4v) is 3.05. The second-order valence-electron chi connectivity index (χ2n) is 4.65. The molecule has 0 fully saturated rings. The summed E-state index contributed by atoms with van der Waals surface area (Å²) in [7, 11) is 0. The lowest BCUT2D eigenvalue weighted by molar-refractivity contribution is 0.625. The monoisotopic (exact) mass is 340 g/mol. The van der Waals surface area contributed by atoms with Crippen LogP contribution in [0.1, 0.15) is 25.2 Å². The summed E-state index contributed by atoms with van der Waals surface area (Å²) in [4.78, 5) is 23.5. The highest BCUT2D eigenvalue weighted by atomic mass is 35.5. The summed E-state index contributed by atoms with van der Waals surface area (Å²) in [6.07, 6.45) is 3.33. The van der Waals surface area contributed by atoms with E-state index in [4.69, 9.17) is 5.73 Å². The molecular formula is C14H14ClFN4OS. The van der Waals surface area contributed by atoms with Gasteiger partial charge in [0.05, 0.1) is 17.8 Å². The van der Waals surface area contributed by atoms with E-state index in [1.165, 1.54) is 17.5 Å². The van der Waals surface area contributed by atoms with Gasteiger partial charge in [0, 0.05) is 16.6 Å². The van der Waals surface area contributed by atoms with Gasteiger partial charge in [-0.25, -0.2) is 9.37 Å². The van der Waals surface area contributed by atoms with Crippen molar-refractivity contribution in [2.45, 2.75) is 19.4 Å². The molecule has 0 unspecified atom stereocenters. The summed E-state index contributed by atoms with van der Waals surface area (Å²) >= 11 is 1.20. The predicted molar refractivity (Wildman–Crippen MR) is 87.9 cm³/mol. The molecule has 3 N–H and O–H groups in total. The average molecular weight is 341 g/mol. The fourth-order valence-electron chi connectivity index (χ4n) is 2.03. The third kappa shape index (κ3) is 2.87. The number of aromatic nitrogens is 3. The largest absolute Gasteiger partial charge is 0.321 e. The Bertz CT molecular complexity index is 863. The van der Waals surface area contributed by atoms with Crippen LogP contribution in [0.4, 0.5) is 4.39 Å². The SMILES string of the molecule is CC[C@H](N)c1nc2cc(-c3ccncc3F)sc2c(=O)[nH]1.Cl. The van der Waals surface area contributed by atoms with Crippen molar-refractivity contribution in [3.05, 3.63) is 46.5 Å². The van der Waals surface area contributed by atoms with E-state index < -0.39 is 5.82 Å². The van der Waals surface area contributed by atoms with Crippen LogP contribution in [0.5, 0.6) is 0 Å². The van der Waals surface area contributed by atoms with Crippen LogP contribution in [0.25, 0.3) is 20.7 Å². The number of thiophene rings is 1. The molecule has 3 aromatic heterocycles. The van der Waals surface area contributed by atoms with E-state index >= 15 is 0 Å². The van der Waals surface area contributed by atoms with E-state index in [0.29, 0.717) is 32.9 Å². The maximum Gasteiger partial charge on any atom is 0.268 e. The number of hydrogen-bond acceptors (Lipinski definition) is 5. The van der Waals surface area contributed by atoms with Crippen LogP contribution < -0.4 is 11.3 Å². The molecule has 5 nitrogen and oxygen atoms in total. The Morgan fingerprint density at radius 3 is 2.95 bits per heavy atom. The van der Waals surface area contributed by atoms with Crippen LogP contribution >= 0.6 is 23.7 Å². The van der Waals surface area contributed by atoms with E-state index in [9.17, 15) is 9.18 Å². The highest BCUT2D eigenvalue weighted by Crippen LogP contribution is 2.32. The van der Waals surface area contributed by atoms with Crippen molar-refractivity contribution in [1.82, 2.24) is 15.0 Å². The molecule has 0 aromatic carbocycles. The van der Waals surface area contributed by atoms with Gasteiger partial charge in [0.1, 0.15) is 16.3 Å². The maximum absolute atomic E-state index is 13.8. The smallest absolute Gasteiger partial charge is 0.268 e. The molecule has 0 aliphatic heterocycles. The molecule has 0 bridgehead atoms. The first kappa shape index (κ1) is 16.5. The van der Waals surface area contributed by atoms with Gasteiger partial charge in [0.25, 0.3) is 5.56 Å². The Morgan fingerprint density at radius 2 is 2.27 bits per heavy atom. The Morgan fingerprint density at radius 1 is 1.50 bits per heavy atom. The van der Waals surface area contributed by atoms with Gasteiger partial charge in [-0.2, -0.15) is 0 Å². The molecular weight excluding hydrogens is 327 g/mol. The normalized spacial score (nSPS) is 12.1. The minimum atomic E-state index is -0.425. The van der Waals surface area contributed by atoms with Crippen molar-refractivity contribution in [2.24, 2.45) is 5.73 Å². The van der Waals surface area contributed by atoms with Gasteiger partial charge in [-0.3, -0.25) is 9.78 Å². The molecule has 3 aromatic rings. The first-order valence-electron chi connectivity index (χ1n) is 6.49. The molecule has 0 spiro atoms. The lowest BCUT2D eigenvalue weighted by Crippen LogP contribution is -2.18. The van der Waals surface area contributed by atoms with Crippen molar-refractivity contribution < 1.29 is 4.39 Å². The minimum absolute atomic E-state index is 0. The van der Waals surface area contributed by atoms with Crippen LogP contribution in [0.2, 0.25) is 0 Å². The van der Waals surface area contributed by atoms with Crippen molar-refractivity contribution in [3.63, 3.8) is 0 Å². The van der Waals surface area contributed by atoms with E-state index in [1.807, 2.05) is 6.92 Å². The summed E-state index contributed by atoms with van der Waals surface area (Å²) in [5.41, 5.74) is 6.60. The number of halogens is 2. The highest BCUT2D eigenvalue weighted by molar-refractivity contribution is 7.22. The number of nitrogens with one attached hydrogen (secondary N) is 1. The zero-order valence-corrected chi connectivity index (χ0v) is 13.3. The first-order chi connectivity index (χ1) is 10.1. The molecule has 0 saturated carbocycles. The number of aromatic amines is 1. The third-order valence-corrected chi connectivity index (χ3v) is 4.39. The standard InChI is InChI=1S/C14H13FN4OS.ClH/c1-2-9(16)13-18-10-5-11(21-12(10)14(20)19-13)7-3-4-17-6-8(7)15;/h3-6,9H,2,16H2,1H3,(H,18,19,20);1H/t9-;/m0./s1. The number of hydrogen-bond donors (Lipinski definition) is 2. The lowest BCUT2D eigenvalue weighted by Gasteiger charge is -2.06. The molecule has 0 amide bonds. The van der Waals surface area contributed by atoms with Gasteiger partial charge in [-0.1, -0.05) is 6.92 Å². The van der Waals surface area contributed by atoms with Crippen LogP contribution in [-0.4, -0.2) is 15.0 Å². The predicted octanol–water partition coefficient (Wildman–Crippen LogP) is 3.02. The number of nitrogens with zero attached hydrogens (tertiary/aromatic N) is 2. The van der Waals surface area contributed by atoms with Crippen LogP contribution in [0.15, 0.2) is 29.3 Å². The topological polar surface area (TPSA) is 84.7 Å². The van der Waals surface area contributed by atoms with Crippen LogP contribution in [-0.2, 0) is 0 Å². The second kappa shape index (κ2) is 6.51. The summed E-state index contributed by atoms with van der Waals surface area (Å²) in [6, 6.07) is 2.97. The zero-order chi connectivity index (χ0) is 15.0. The van der Waals surface area contributed by atoms with E-state index in [2.05, 4.69) is 15.0 Å². The van der Waals surface area contributed by atoms with E-state index in [1.54, 1.807) is 12.1 Å². The molecule has 1 atom stereocenters. The summed E-state index contributed by atoms with van der Waals surface area (Å²) < 4.78 is 14.3. The van der Waals surface area contributed by atoms with Gasteiger partial charge in [-0.15, -0.1) is 23.7 Å². The number of H-pyrrole nitrogens is 1. The van der Waals surface area contributed by atoms with Crippen LogP contribution in [0.3, 0.4) is 0 Å². The van der Waals surface area contributed by atoms with Gasteiger partial charge >= 0.3 is 0 Å². The van der Waals surface area contributed by atoms with Crippen molar-refractivity contribution in [2.75, 3.05) is 0 Å². The number of nitrogens with two attached hydrogens (primary N) is 1. The molecule has 8 heteroatoms. The summed E-state index contributed by atoms with van der Waals surface area (Å²) in [6.45, 7) is 1.92. The van der Waals surface area contributed by atoms with Crippen molar-refractivity contribution in [3.8, 4) is 10.4 Å². The zero-order valence-electron chi connectivity index (χ0n) is 11.7. The molecule has 116 valence electrons. The number of pyridine rings is 1. The first-order valence-corrected chi connectivity index (χ1v) is 7.31. The van der Waals surface area contributed by atoms with Gasteiger partial charge in [0.15, 0.2) is 0 Å². The fraction of sp³-hybridized carbons (Fsp3) is 0.214. The Hall–Kier alpha value is -1.83. The Labute approximate surface area is 135 Å². The second-order valence-corrected chi connectivity index (χ2v) is 5.70. The number of rotatable bonds is 3.